The summed E-state index contributed by atoms with van der Waals surface area (Å²) in [6.07, 6.45) is 3.94. The summed E-state index contributed by atoms with van der Waals surface area (Å²) < 4.78 is 7.43. The highest BCUT2D eigenvalue weighted by atomic mass is 16.5. The van der Waals surface area contributed by atoms with Crippen LogP contribution in [0.1, 0.15) is 5.56 Å². The highest BCUT2D eigenvalue weighted by Crippen LogP contribution is 2.11. The van der Waals surface area contributed by atoms with Crippen molar-refractivity contribution in [3.63, 3.8) is 0 Å². The molecule has 4 nitrogen and oxygen atoms in total. The van der Waals surface area contributed by atoms with Gasteiger partial charge in [-0.3, -0.25) is 4.79 Å². The van der Waals surface area contributed by atoms with Crippen molar-refractivity contribution in [2.75, 3.05) is 13.2 Å². The quantitative estimate of drug-likeness (QED) is 0.861. The minimum atomic E-state index is -0.103. The molecule has 0 atom stereocenters. The number of amides is 1. The van der Waals surface area contributed by atoms with Gasteiger partial charge >= 0.3 is 0 Å². The van der Waals surface area contributed by atoms with Crippen LogP contribution in [0.4, 0.5) is 0 Å². The third-order valence-electron chi connectivity index (χ3n) is 2.72. The van der Waals surface area contributed by atoms with E-state index in [0.29, 0.717) is 6.54 Å². The van der Waals surface area contributed by atoms with Gasteiger partial charge in [-0.05, 0) is 36.8 Å². The van der Waals surface area contributed by atoms with Crippen molar-refractivity contribution in [2.45, 2.75) is 13.5 Å². The summed E-state index contributed by atoms with van der Waals surface area (Å²) in [6, 6.07) is 11.6. The first kappa shape index (κ1) is 13.2. The van der Waals surface area contributed by atoms with Crippen LogP contribution in [-0.2, 0) is 11.3 Å². The number of nitrogens with one attached hydrogen (secondary N) is 1. The number of rotatable bonds is 6. The molecule has 1 heterocycles. The smallest absolute Gasteiger partial charge is 0.258 e. The molecule has 0 saturated heterocycles. The van der Waals surface area contributed by atoms with Crippen molar-refractivity contribution < 1.29 is 9.53 Å². The minimum absolute atomic E-state index is 0.0507. The summed E-state index contributed by atoms with van der Waals surface area (Å²) in [5, 5.41) is 2.82. The van der Waals surface area contributed by atoms with Crippen LogP contribution in [0, 0.1) is 6.92 Å². The molecule has 1 N–H and O–H groups in total. The van der Waals surface area contributed by atoms with E-state index in [-0.39, 0.29) is 12.5 Å². The van der Waals surface area contributed by atoms with Gasteiger partial charge in [0.2, 0.25) is 0 Å². The highest BCUT2D eigenvalue weighted by Gasteiger charge is 2.02. The number of carbonyl (C=O) groups is 1. The molecule has 0 aliphatic rings. The summed E-state index contributed by atoms with van der Waals surface area (Å²) >= 11 is 0. The summed E-state index contributed by atoms with van der Waals surface area (Å²) in [7, 11) is 0. The molecule has 0 unspecified atom stereocenters. The Bertz CT molecular complexity index is 521. The first-order valence-corrected chi connectivity index (χ1v) is 6.31. The fourth-order valence-electron chi connectivity index (χ4n) is 1.75. The van der Waals surface area contributed by atoms with Gasteiger partial charge < -0.3 is 14.6 Å². The summed E-state index contributed by atoms with van der Waals surface area (Å²) in [6.45, 7) is 3.41. The molecule has 0 aliphatic heterocycles. The van der Waals surface area contributed by atoms with E-state index in [0.717, 1.165) is 17.9 Å². The van der Waals surface area contributed by atoms with Gasteiger partial charge in [-0.1, -0.05) is 12.1 Å². The van der Waals surface area contributed by atoms with Gasteiger partial charge in [0.15, 0.2) is 6.61 Å². The first-order valence-electron chi connectivity index (χ1n) is 6.31. The zero-order chi connectivity index (χ0) is 13.5. The lowest BCUT2D eigenvalue weighted by Crippen LogP contribution is -2.31. The lowest BCUT2D eigenvalue weighted by atomic mass is 10.2. The topological polar surface area (TPSA) is 43.3 Å². The molecule has 2 rings (SSSR count). The molecule has 0 radical (unpaired) electrons. The van der Waals surface area contributed by atoms with E-state index in [9.17, 15) is 4.79 Å². The van der Waals surface area contributed by atoms with E-state index in [1.54, 1.807) is 0 Å². The van der Waals surface area contributed by atoms with Crippen molar-refractivity contribution in [3.05, 3.63) is 54.4 Å². The zero-order valence-corrected chi connectivity index (χ0v) is 11.0. The maximum absolute atomic E-state index is 11.6. The SMILES string of the molecule is Cc1cccc(OCC(=O)NCCn2cccc2)c1. The number of benzene rings is 1. The molecule has 19 heavy (non-hydrogen) atoms. The number of aryl methyl sites for hydroxylation is 1. The molecule has 100 valence electrons. The Hall–Kier alpha value is -2.23. The van der Waals surface area contributed by atoms with E-state index in [1.807, 2.05) is 60.3 Å². The molecule has 0 fully saturated rings. The molecule has 0 bridgehead atoms. The Kier molecular flexibility index (Phi) is 4.61. The number of hydrogen-bond donors (Lipinski definition) is 1. The van der Waals surface area contributed by atoms with Gasteiger partial charge in [0.1, 0.15) is 5.75 Å². The predicted molar refractivity (Wildman–Crippen MR) is 74.1 cm³/mol. The second-order valence-corrected chi connectivity index (χ2v) is 4.38. The second-order valence-electron chi connectivity index (χ2n) is 4.38. The largest absolute Gasteiger partial charge is 0.484 e. The Morgan fingerprint density at radius 1 is 1.26 bits per heavy atom. The fraction of sp³-hybridized carbons (Fsp3) is 0.267. The number of hydrogen-bond acceptors (Lipinski definition) is 2. The third kappa shape index (κ3) is 4.50. The summed E-state index contributed by atoms with van der Waals surface area (Å²) in [4.78, 5) is 11.6. The number of ether oxygens (including phenoxy) is 1. The first-order chi connectivity index (χ1) is 9.24. The van der Waals surface area contributed by atoms with Gasteiger partial charge in [0, 0.05) is 25.5 Å². The van der Waals surface area contributed by atoms with Gasteiger partial charge in [-0.25, -0.2) is 0 Å². The van der Waals surface area contributed by atoms with Gasteiger partial charge in [0.25, 0.3) is 5.91 Å². The van der Waals surface area contributed by atoms with Crippen molar-refractivity contribution in [2.24, 2.45) is 0 Å². The van der Waals surface area contributed by atoms with Gasteiger partial charge in [-0.15, -0.1) is 0 Å². The Balaban J connectivity index is 1.67. The maximum Gasteiger partial charge on any atom is 0.258 e. The van der Waals surface area contributed by atoms with Crippen molar-refractivity contribution in [1.82, 2.24) is 9.88 Å². The number of carbonyl (C=O) groups excluding carboxylic acids is 1. The monoisotopic (exact) mass is 258 g/mol. The summed E-state index contributed by atoms with van der Waals surface area (Å²) in [5.74, 6) is 0.620. The molecule has 1 amide bonds. The lowest BCUT2D eigenvalue weighted by Gasteiger charge is -2.08. The van der Waals surface area contributed by atoms with Crippen LogP contribution in [0.15, 0.2) is 48.8 Å². The van der Waals surface area contributed by atoms with E-state index >= 15 is 0 Å². The lowest BCUT2D eigenvalue weighted by molar-refractivity contribution is -0.123. The zero-order valence-electron chi connectivity index (χ0n) is 11.0. The average Bonchev–Trinajstić information content (AvgIpc) is 2.90. The van der Waals surface area contributed by atoms with Crippen LogP contribution >= 0.6 is 0 Å². The molecular weight excluding hydrogens is 240 g/mol. The van der Waals surface area contributed by atoms with Crippen LogP contribution < -0.4 is 10.1 Å². The molecule has 4 heteroatoms. The van der Waals surface area contributed by atoms with Crippen LogP contribution in [0.5, 0.6) is 5.75 Å². The van der Waals surface area contributed by atoms with Gasteiger partial charge in [0.05, 0.1) is 0 Å². The van der Waals surface area contributed by atoms with E-state index < -0.39 is 0 Å². The highest BCUT2D eigenvalue weighted by molar-refractivity contribution is 5.77. The maximum atomic E-state index is 11.6. The van der Waals surface area contributed by atoms with Crippen LogP contribution in [-0.4, -0.2) is 23.6 Å². The molecule has 2 aromatic rings. The van der Waals surface area contributed by atoms with E-state index in [4.69, 9.17) is 4.74 Å². The molecule has 0 aliphatic carbocycles. The summed E-state index contributed by atoms with van der Waals surface area (Å²) in [5.41, 5.74) is 1.12. The molecule has 0 saturated carbocycles. The molecule has 0 spiro atoms. The minimum Gasteiger partial charge on any atom is -0.484 e. The number of aromatic nitrogens is 1. The Morgan fingerprint density at radius 3 is 2.79 bits per heavy atom. The average molecular weight is 258 g/mol. The molecule has 1 aromatic heterocycles. The van der Waals surface area contributed by atoms with Crippen molar-refractivity contribution in [3.8, 4) is 5.75 Å². The predicted octanol–water partition coefficient (Wildman–Crippen LogP) is 1.99. The standard InChI is InChI=1S/C15H18N2O2/c1-13-5-4-6-14(11-13)19-12-15(18)16-7-10-17-8-2-3-9-17/h2-6,8-9,11H,7,10,12H2,1H3,(H,16,18). The molecular formula is C15H18N2O2. The van der Waals surface area contributed by atoms with Gasteiger partial charge in [-0.2, -0.15) is 0 Å². The van der Waals surface area contributed by atoms with Crippen LogP contribution in [0.25, 0.3) is 0 Å². The van der Waals surface area contributed by atoms with Crippen molar-refractivity contribution >= 4 is 5.91 Å². The van der Waals surface area contributed by atoms with Crippen LogP contribution in [0.3, 0.4) is 0 Å². The molecule has 1 aromatic carbocycles. The normalized spacial score (nSPS) is 10.2. The van der Waals surface area contributed by atoms with E-state index in [1.165, 1.54) is 0 Å². The van der Waals surface area contributed by atoms with Crippen LogP contribution in [0.2, 0.25) is 0 Å². The number of nitrogens with zero attached hydrogens (tertiary/aromatic N) is 1. The third-order valence-corrected chi connectivity index (χ3v) is 2.72. The van der Waals surface area contributed by atoms with Crippen molar-refractivity contribution in [1.29, 1.82) is 0 Å². The Labute approximate surface area is 113 Å². The fourth-order valence-corrected chi connectivity index (χ4v) is 1.75. The Morgan fingerprint density at radius 2 is 2.05 bits per heavy atom. The second kappa shape index (κ2) is 6.64. The van der Waals surface area contributed by atoms with E-state index in [2.05, 4.69) is 5.32 Å².